The van der Waals surface area contributed by atoms with Gasteiger partial charge < -0.3 is 10.1 Å². The fourth-order valence-electron chi connectivity index (χ4n) is 3.27. The van der Waals surface area contributed by atoms with Crippen molar-refractivity contribution < 1.29 is 17.9 Å². The Kier molecular flexibility index (Phi) is 6.36. The molecule has 1 heterocycles. The molecule has 3 rings (SSSR count). The highest BCUT2D eigenvalue weighted by molar-refractivity contribution is 7.89. The Labute approximate surface area is 166 Å². The molecule has 1 saturated heterocycles. The molecule has 1 aliphatic rings. The molecule has 0 aromatic heterocycles. The number of carbonyl (C=O) groups excluding carboxylic acids is 1. The molecule has 0 spiro atoms. The molecule has 1 aliphatic heterocycles. The third-order valence-corrected chi connectivity index (χ3v) is 6.85. The Morgan fingerprint density at radius 1 is 1.07 bits per heavy atom. The quantitative estimate of drug-likeness (QED) is 0.797. The first kappa shape index (κ1) is 20.4. The summed E-state index contributed by atoms with van der Waals surface area (Å²) in [6, 6.07) is 11.8. The molecule has 2 aromatic carbocycles. The number of nitrogens with one attached hydrogen (secondary N) is 1. The molecule has 1 fully saturated rings. The number of hydrogen-bond donors (Lipinski definition) is 1. The van der Waals surface area contributed by atoms with Gasteiger partial charge in [-0.1, -0.05) is 12.5 Å². The molecular formula is C21H26N2O4S. The van der Waals surface area contributed by atoms with Crippen molar-refractivity contribution in [3.63, 3.8) is 0 Å². The zero-order valence-electron chi connectivity index (χ0n) is 16.3. The van der Waals surface area contributed by atoms with Gasteiger partial charge in [-0.15, -0.1) is 0 Å². The van der Waals surface area contributed by atoms with Gasteiger partial charge in [-0.3, -0.25) is 4.79 Å². The van der Waals surface area contributed by atoms with Gasteiger partial charge in [0.2, 0.25) is 10.0 Å². The molecule has 1 N–H and O–H groups in total. The van der Waals surface area contributed by atoms with Crippen molar-refractivity contribution in [2.24, 2.45) is 0 Å². The second-order valence-corrected chi connectivity index (χ2v) is 8.76. The lowest BCUT2D eigenvalue weighted by molar-refractivity contribution is 0.102. The Morgan fingerprint density at radius 3 is 2.39 bits per heavy atom. The van der Waals surface area contributed by atoms with Crippen molar-refractivity contribution in [3.8, 4) is 5.75 Å². The van der Waals surface area contributed by atoms with Crippen LogP contribution in [-0.2, 0) is 10.0 Å². The fourth-order valence-corrected chi connectivity index (χ4v) is 5.04. The number of nitrogens with zero attached hydrogens (tertiary/aromatic N) is 1. The van der Waals surface area contributed by atoms with Gasteiger partial charge in [-0.2, -0.15) is 4.31 Å². The SMILES string of the molecule is CCOc1ccc(C(=O)Nc2ccc(C)c(S(=O)(=O)N3CCCCC3)c2)cc1. The molecule has 7 heteroatoms. The van der Waals surface area contributed by atoms with Gasteiger partial charge in [0.1, 0.15) is 5.75 Å². The molecule has 2 aromatic rings. The van der Waals surface area contributed by atoms with E-state index in [2.05, 4.69) is 5.32 Å². The van der Waals surface area contributed by atoms with Crippen molar-refractivity contribution in [1.29, 1.82) is 0 Å². The van der Waals surface area contributed by atoms with Gasteiger partial charge in [0.25, 0.3) is 5.91 Å². The number of amides is 1. The monoisotopic (exact) mass is 402 g/mol. The summed E-state index contributed by atoms with van der Waals surface area (Å²) in [6.45, 7) is 5.32. The van der Waals surface area contributed by atoms with Crippen LogP contribution in [0.4, 0.5) is 5.69 Å². The Morgan fingerprint density at radius 2 is 1.75 bits per heavy atom. The first-order valence-corrected chi connectivity index (χ1v) is 11.0. The minimum Gasteiger partial charge on any atom is -0.494 e. The van der Waals surface area contributed by atoms with E-state index in [9.17, 15) is 13.2 Å². The Bertz CT molecular complexity index is 933. The van der Waals surface area contributed by atoms with Crippen LogP contribution in [-0.4, -0.2) is 38.3 Å². The molecule has 150 valence electrons. The Balaban J connectivity index is 1.80. The van der Waals surface area contributed by atoms with Crippen LogP contribution in [0.3, 0.4) is 0 Å². The van der Waals surface area contributed by atoms with Crippen molar-refractivity contribution in [2.45, 2.75) is 38.0 Å². The molecule has 0 aliphatic carbocycles. The average molecular weight is 403 g/mol. The van der Waals surface area contributed by atoms with Crippen LogP contribution in [0.5, 0.6) is 5.75 Å². The second kappa shape index (κ2) is 8.75. The highest BCUT2D eigenvalue weighted by Crippen LogP contribution is 2.26. The summed E-state index contributed by atoms with van der Waals surface area (Å²) in [5, 5.41) is 2.79. The highest BCUT2D eigenvalue weighted by Gasteiger charge is 2.27. The maximum atomic E-state index is 13.0. The summed E-state index contributed by atoms with van der Waals surface area (Å²) >= 11 is 0. The smallest absolute Gasteiger partial charge is 0.255 e. The van der Waals surface area contributed by atoms with Gasteiger partial charge in [0.15, 0.2) is 0 Å². The third-order valence-electron chi connectivity index (χ3n) is 4.81. The zero-order chi connectivity index (χ0) is 20.1. The van der Waals surface area contributed by atoms with Gasteiger partial charge in [-0.25, -0.2) is 8.42 Å². The lowest BCUT2D eigenvalue weighted by Crippen LogP contribution is -2.36. The lowest BCUT2D eigenvalue weighted by Gasteiger charge is -2.26. The number of rotatable bonds is 6. The van der Waals surface area contributed by atoms with Crippen molar-refractivity contribution in [3.05, 3.63) is 53.6 Å². The van der Waals surface area contributed by atoms with E-state index in [1.807, 2.05) is 6.92 Å². The molecular weight excluding hydrogens is 376 g/mol. The van der Waals surface area contributed by atoms with Crippen LogP contribution in [0.2, 0.25) is 0 Å². The second-order valence-electron chi connectivity index (χ2n) is 6.86. The number of carbonyl (C=O) groups is 1. The van der Waals surface area contributed by atoms with Crippen LogP contribution in [0.25, 0.3) is 0 Å². The van der Waals surface area contributed by atoms with Crippen molar-refractivity contribution in [1.82, 2.24) is 4.31 Å². The number of hydrogen-bond acceptors (Lipinski definition) is 4. The van der Waals surface area contributed by atoms with Crippen molar-refractivity contribution in [2.75, 3.05) is 25.0 Å². The standard InChI is InChI=1S/C21H26N2O4S/c1-3-27-19-11-8-17(9-12-19)21(24)22-18-10-7-16(2)20(15-18)28(25,26)23-13-5-4-6-14-23/h7-12,15H,3-6,13-14H2,1-2H3,(H,22,24). The zero-order valence-corrected chi connectivity index (χ0v) is 17.1. The number of ether oxygens (including phenoxy) is 1. The third kappa shape index (κ3) is 4.54. The van der Waals surface area contributed by atoms with Gasteiger partial charge >= 0.3 is 0 Å². The maximum absolute atomic E-state index is 13.0. The summed E-state index contributed by atoms with van der Waals surface area (Å²) in [6.07, 6.45) is 2.82. The number of benzene rings is 2. The van der Waals surface area contributed by atoms with E-state index < -0.39 is 10.0 Å². The molecule has 0 radical (unpaired) electrons. The van der Waals surface area contributed by atoms with Gasteiger partial charge in [-0.05, 0) is 68.7 Å². The van der Waals surface area contributed by atoms with E-state index in [0.29, 0.717) is 42.3 Å². The van der Waals surface area contributed by atoms with Gasteiger partial charge in [0.05, 0.1) is 11.5 Å². The number of anilines is 1. The predicted molar refractivity (Wildman–Crippen MR) is 109 cm³/mol. The minimum atomic E-state index is -3.56. The van der Waals surface area contributed by atoms with E-state index >= 15 is 0 Å². The number of aryl methyl sites for hydroxylation is 1. The number of sulfonamides is 1. The van der Waals surface area contributed by atoms with E-state index in [1.165, 1.54) is 4.31 Å². The summed E-state index contributed by atoms with van der Waals surface area (Å²) < 4.78 is 32.9. The maximum Gasteiger partial charge on any atom is 0.255 e. The first-order chi connectivity index (χ1) is 13.4. The summed E-state index contributed by atoms with van der Waals surface area (Å²) in [4.78, 5) is 12.8. The van der Waals surface area contributed by atoms with Crippen molar-refractivity contribution >= 4 is 21.6 Å². The Hall–Kier alpha value is -2.38. The summed E-state index contributed by atoms with van der Waals surface area (Å²) in [7, 11) is -3.56. The van der Waals surface area contributed by atoms with E-state index in [4.69, 9.17) is 4.74 Å². The molecule has 0 unspecified atom stereocenters. The van der Waals surface area contributed by atoms with Crippen LogP contribution < -0.4 is 10.1 Å². The molecule has 0 saturated carbocycles. The van der Waals surface area contributed by atoms with E-state index in [-0.39, 0.29) is 10.8 Å². The average Bonchev–Trinajstić information content (AvgIpc) is 2.71. The lowest BCUT2D eigenvalue weighted by atomic mass is 10.2. The van der Waals surface area contributed by atoms with Gasteiger partial charge in [0, 0.05) is 24.3 Å². The summed E-state index contributed by atoms with van der Waals surface area (Å²) in [5.74, 6) is 0.400. The van der Waals surface area contributed by atoms with E-state index in [1.54, 1.807) is 49.4 Å². The predicted octanol–water partition coefficient (Wildman–Crippen LogP) is 3.82. The molecule has 6 nitrogen and oxygen atoms in total. The molecule has 0 atom stereocenters. The first-order valence-electron chi connectivity index (χ1n) is 9.57. The highest BCUT2D eigenvalue weighted by atomic mass is 32.2. The molecule has 0 bridgehead atoms. The van der Waals surface area contributed by atoms with Crippen LogP contribution >= 0.6 is 0 Å². The molecule has 28 heavy (non-hydrogen) atoms. The van der Waals surface area contributed by atoms with Crippen LogP contribution in [0.15, 0.2) is 47.4 Å². The van der Waals surface area contributed by atoms with Crippen LogP contribution in [0.1, 0.15) is 42.1 Å². The summed E-state index contributed by atoms with van der Waals surface area (Å²) in [5.41, 5.74) is 1.61. The minimum absolute atomic E-state index is 0.249. The van der Waals surface area contributed by atoms with Crippen LogP contribution in [0, 0.1) is 6.92 Å². The number of piperidine rings is 1. The molecule has 1 amide bonds. The topological polar surface area (TPSA) is 75.7 Å². The fraction of sp³-hybridized carbons (Fsp3) is 0.381. The normalized spacial score (nSPS) is 15.2. The van der Waals surface area contributed by atoms with E-state index in [0.717, 1.165) is 19.3 Å². The largest absolute Gasteiger partial charge is 0.494 e.